The number of nitrogens with zero attached hydrogens (tertiary/aromatic N) is 1. The number of urea groups is 1. The molecule has 0 atom stereocenters. The lowest BCUT2D eigenvalue weighted by molar-refractivity contribution is 0.0861. The van der Waals surface area contributed by atoms with Gasteiger partial charge in [-0.2, -0.15) is 0 Å². The van der Waals surface area contributed by atoms with E-state index in [4.69, 9.17) is 10.9 Å². The summed E-state index contributed by atoms with van der Waals surface area (Å²) in [6.07, 6.45) is 0. The zero-order valence-corrected chi connectivity index (χ0v) is 11.3. The number of amides is 3. The van der Waals surface area contributed by atoms with E-state index in [1.54, 1.807) is 0 Å². The highest BCUT2D eigenvalue weighted by atomic mass is 32.2. The van der Waals surface area contributed by atoms with Crippen molar-refractivity contribution in [2.24, 2.45) is 10.9 Å². The van der Waals surface area contributed by atoms with Crippen LogP contribution in [0.5, 0.6) is 0 Å². The molecule has 8 nitrogen and oxygen atoms in total. The summed E-state index contributed by atoms with van der Waals surface area (Å²) >= 11 is 0. The van der Waals surface area contributed by atoms with Gasteiger partial charge in [-0.3, -0.25) is 4.79 Å². The van der Waals surface area contributed by atoms with Crippen molar-refractivity contribution in [2.45, 2.75) is 10.9 Å². The molecule has 5 N–H and O–H groups in total. The molecule has 20 heavy (non-hydrogen) atoms. The summed E-state index contributed by atoms with van der Waals surface area (Å²) in [5.74, 6) is -0.426. The number of carbonyl (C=O) groups is 2. The highest BCUT2D eigenvalue weighted by Gasteiger charge is 2.30. The molecule has 1 aromatic carbocycles. The molecule has 0 aromatic heterocycles. The summed E-state index contributed by atoms with van der Waals surface area (Å²) in [6.45, 7) is 0.686. The maximum absolute atomic E-state index is 11.9. The van der Waals surface area contributed by atoms with Gasteiger partial charge in [-0.15, -0.1) is 0 Å². The van der Waals surface area contributed by atoms with Crippen LogP contribution in [0, 0.1) is 0 Å². The number of likely N-dealkylation sites (tertiary alicyclic amines) is 1. The third kappa shape index (κ3) is 3.06. The highest BCUT2D eigenvalue weighted by Crippen LogP contribution is 2.12. The lowest BCUT2D eigenvalue weighted by atomic mass is 10.1. The zero-order valence-electron chi connectivity index (χ0n) is 10.4. The topological polar surface area (TPSA) is 136 Å². The normalized spacial score (nSPS) is 15.6. The Morgan fingerprint density at radius 3 is 2.50 bits per heavy atom. The van der Waals surface area contributed by atoms with Crippen LogP contribution in [0.4, 0.5) is 4.79 Å². The van der Waals surface area contributed by atoms with Crippen molar-refractivity contribution >= 4 is 22.0 Å². The van der Waals surface area contributed by atoms with Gasteiger partial charge in [0.15, 0.2) is 0 Å². The van der Waals surface area contributed by atoms with Gasteiger partial charge in [0, 0.05) is 18.7 Å². The molecule has 0 bridgehead atoms. The van der Waals surface area contributed by atoms with Crippen LogP contribution in [0.3, 0.4) is 0 Å². The Balaban J connectivity index is 2.02. The fraction of sp³-hybridized carbons (Fsp3) is 0.273. The van der Waals surface area contributed by atoms with E-state index in [0.29, 0.717) is 13.1 Å². The second-order valence-corrected chi connectivity index (χ2v) is 6.05. The predicted molar refractivity (Wildman–Crippen MR) is 70.2 cm³/mol. The Morgan fingerprint density at radius 2 is 1.95 bits per heavy atom. The molecule has 2 rings (SSSR count). The van der Waals surface area contributed by atoms with E-state index < -0.39 is 22.0 Å². The van der Waals surface area contributed by atoms with Gasteiger partial charge in [-0.1, -0.05) is 6.07 Å². The number of hydrogen-bond donors (Lipinski definition) is 3. The van der Waals surface area contributed by atoms with Gasteiger partial charge < -0.3 is 16.0 Å². The third-order valence-corrected chi connectivity index (χ3v) is 3.86. The molecule has 1 aliphatic heterocycles. The molecule has 0 aliphatic carbocycles. The number of benzene rings is 1. The van der Waals surface area contributed by atoms with E-state index in [0.717, 1.165) is 0 Å². The van der Waals surface area contributed by atoms with Gasteiger partial charge in [0.05, 0.1) is 10.9 Å². The first-order valence-electron chi connectivity index (χ1n) is 5.75. The third-order valence-electron chi connectivity index (χ3n) is 2.95. The second-order valence-electron chi connectivity index (χ2n) is 4.49. The molecule has 1 aromatic rings. The number of sulfonamides is 1. The SMILES string of the molecule is NC(=O)N1CC(NC(=O)c2cccc(S(N)(=O)=O)c2)C1. The lowest BCUT2D eigenvalue weighted by Gasteiger charge is -2.38. The summed E-state index contributed by atoms with van der Waals surface area (Å²) in [6, 6.07) is 4.71. The standard InChI is InChI=1S/C11H14N4O4S/c12-11(17)15-5-8(6-15)14-10(16)7-2-1-3-9(4-7)20(13,18)19/h1-4,8H,5-6H2,(H2,12,17)(H,14,16)(H2,13,18,19). The maximum atomic E-state index is 11.9. The van der Waals surface area contributed by atoms with Crippen molar-refractivity contribution in [1.82, 2.24) is 10.2 Å². The molecule has 1 aliphatic rings. The first-order chi connectivity index (χ1) is 9.27. The fourth-order valence-electron chi connectivity index (χ4n) is 1.83. The summed E-state index contributed by atoms with van der Waals surface area (Å²) in [4.78, 5) is 24.0. The Bertz CT molecular complexity index is 652. The summed E-state index contributed by atoms with van der Waals surface area (Å²) < 4.78 is 22.4. The summed E-state index contributed by atoms with van der Waals surface area (Å²) in [7, 11) is -3.85. The van der Waals surface area contributed by atoms with E-state index in [-0.39, 0.29) is 16.5 Å². The van der Waals surface area contributed by atoms with E-state index in [1.807, 2.05) is 0 Å². The Kier molecular flexibility index (Phi) is 3.64. The van der Waals surface area contributed by atoms with E-state index >= 15 is 0 Å². The van der Waals surface area contributed by atoms with Crippen LogP contribution in [0.15, 0.2) is 29.2 Å². The van der Waals surface area contributed by atoms with Crippen molar-refractivity contribution < 1.29 is 18.0 Å². The highest BCUT2D eigenvalue weighted by molar-refractivity contribution is 7.89. The molecular weight excluding hydrogens is 284 g/mol. The quantitative estimate of drug-likeness (QED) is 0.647. The van der Waals surface area contributed by atoms with Gasteiger partial charge in [0.25, 0.3) is 5.91 Å². The number of carbonyl (C=O) groups excluding carboxylic acids is 2. The second kappa shape index (κ2) is 5.10. The molecule has 3 amide bonds. The molecular formula is C11H14N4O4S. The van der Waals surface area contributed by atoms with Gasteiger partial charge >= 0.3 is 6.03 Å². The van der Waals surface area contributed by atoms with Crippen LogP contribution < -0.4 is 16.2 Å². The largest absolute Gasteiger partial charge is 0.351 e. The average molecular weight is 298 g/mol. The van der Waals surface area contributed by atoms with E-state index in [9.17, 15) is 18.0 Å². The number of primary sulfonamides is 1. The first-order valence-corrected chi connectivity index (χ1v) is 7.30. The number of hydrogen-bond acceptors (Lipinski definition) is 4. The van der Waals surface area contributed by atoms with Gasteiger partial charge in [-0.05, 0) is 18.2 Å². The maximum Gasteiger partial charge on any atom is 0.314 e. The number of nitrogens with one attached hydrogen (secondary N) is 1. The average Bonchev–Trinajstić information content (AvgIpc) is 2.31. The van der Waals surface area contributed by atoms with Crippen LogP contribution in [0.2, 0.25) is 0 Å². The zero-order chi connectivity index (χ0) is 14.9. The van der Waals surface area contributed by atoms with E-state index in [2.05, 4.69) is 5.32 Å². The van der Waals surface area contributed by atoms with Gasteiger partial charge in [0.2, 0.25) is 10.0 Å². The molecule has 1 fully saturated rings. The minimum Gasteiger partial charge on any atom is -0.351 e. The molecule has 0 unspecified atom stereocenters. The van der Waals surface area contributed by atoms with E-state index in [1.165, 1.54) is 29.2 Å². The fourth-order valence-corrected chi connectivity index (χ4v) is 2.39. The van der Waals surface area contributed by atoms with Crippen LogP contribution in [0.1, 0.15) is 10.4 Å². The molecule has 108 valence electrons. The number of nitrogens with two attached hydrogens (primary N) is 2. The smallest absolute Gasteiger partial charge is 0.314 e. The van der Waals surface area contributed by atoms with Crippen LogP contribution in [-0.4, -0.2) is 44.4 Å². The molecule has 0 saturated carbocycles. The van der Waals surface area contributed by atoms with Crippen LogP contribution in [-0.2, 0) is 10.0 Å². The van der Waals surface area contributed by atoms with Crippen molar-refractivity contribution in [3.8, 4) is 0 Å². The summed E-state index contributed by atoms with van der Waals surface area (Å²) in [5.41, 5.74) is 5.25. The molecule has 9 heteroatoms. The minimum atomic E-state index is -3.85. The van der Waals surface area contributed by atoms with Crippen LogP contribution in [0.25, 0.3) is 0 Å². The number of primary amides is 1. The molecule has 0 radical (unpaired) electrons. The predicted octanol–water partition coefficient (Wildman–Crippen LogP) is -1.17. The molecule has 1 saturated heterocycles. The Labute approximate surface area is 115 Å². The molecule has 1 heterocycles. The van der Waals surface area contributed by atoms with Crippen molar-refractivity contribution in [3.05, 3.63) is 29.8 Å². The van der Waals surface area contributed by atoms with Crippen molar-refractivity contribution in [1.29, 1.82) is 0 Å². The van der Waals surface area contributed by atoms with Gasteiger partial charge in [0.1, 0.15) is 0 Å². The Morgan fingerprint density at radius 1 is 1.30 bits per heavy atom. The number of rotatable bonds is 3. The lowest BCUT2D eigenvalue weighted by Crippen LogP contribution is -2.62. The first kappa shape index (κ1) is 14.3. The van der Waals surface area contributed by atoms with Crippen molar-refractivity contribution in [3.63, 3.8) is 0 Å². The van der Waals surface area contributed by atoms with Gasteiger partial charge in [-0.25, -0.2) is 18.4 Å². The minimum absolute atomic E-state index is 0.127. The Hall–Kier alpha value is -2.13. The summed E-state index contributed by atoms with van der Waals surface area (Å²) in [5, 5.41) is 7.67. The van der Waals surface area contributed by atoms with Crippen LogP contribution >= 0.6 is 0 Å². The monoisotopic (exact) mass is 298 g/mol. The molecule has 0 spiro atoms. The van der Waals surface area contributed by atoms with Crippen molar-refractivity contribution in [2.75, 3.05) is 13.1 Å².